The first-order chi connectivity index (χ1) is 11.5. The van der Waals surface area contributed by atoms with Crippen LogP contribution in [0.25, 0.3) is 6.08 Å². The Kier molecular flexibility index (Phi) is 3.91. The molecule has 0 fully saturated rings. The van der Waals surface area contributed by atoms with Crippen LogP contribution in [0.3, 0.4) is 0 Å². The van der Waals surface area contributed by atoms with Gasteiger partial charge in [0.25, 0.3) is 11.6 Å². The SMILES string of the molecule is CC1=N/C(=C\c2ccc([N+](=O)[O-])cc2)C(=O)N1c1cccc(F)c1. The Hall–Kier alpha value is -3.35. The van der Waals surface area contributed by atoms with Crippen molar-refractivity contribution in [3.8, 4) is 0 Å². The third-order valence-corrected chi connectivity index (χ3v) is 3.50. The second-order valence-electron chi connectivity index (χ2n) is 5.16. The first-order valence-corrected chi connectivity index (χ1v) is 7.07. The molecule has 0 atom stereocenters. The molecule has 0 aliphatic carbocycles. The zero-order valence-corrected chi connectivity index (χ0v) is 12.6. The van der Waals surface area contributed by atoms with Crippen LogP contribution in [0.4, 0.5) is 15.8 Å². The highest BCUT2D eigenvalue weighted by Gasteiger charge is 2.29. The summed E-state index contributed by atoms with van der Waals surface area (Å²) in [7, 11) is 0. The molecule has 0 saturated heterocycles. The number of aliphatic imine (C=N–C) groups is 1. The van der Waals surface area contributed by atoms with Gasteiger partial charge in [0, 0.05) is 12.1 Å². The predicted octanol–water partition coefficient (Wildman–Crippen LogP) is 3.54. The van der Waals surface area contributed by atoms with Crippen molar-refractivity contribution < 1.29 is 14.1 Å². The minimum Gasteiger partial charge on any atom is -0.266 e. The second kappa shape index (κ2) is 6.04. The largest absolute Gasteiger partial charge is 0.282 e. The minimum absolute atomic E-state index is 0.0315. The molecule has 0 unspecified atom stereocenters. The van der Waals surface area contributed by atoms with Crippen LogP contribution in [0.1, 0.15) is 12.5 Å². The van der Waals surface area contributed by atoms with Gasteiger partial charge in [0.15, 0.2) is 0 Å². The molecule has 1 amide bonds. The van der Waals surface area contributed by atoms with Crippen LogP contribution in [0.5, 0.6) is 0 Å². The third kappa shape index (κ3) is 2.91. The molecule has 6 nitrogen and oxygen atoms in total. The van der Waals surface area contributed by atoms with E-state index in [-0.39, 0.29) is 17.3 Å². The van der Waals surface area contributed by atoms with Crippen LogP contribution in [-0.2, 0) is 4.79 Å². The molecule has 0 aromatic heterocycles. The van der Waals surface area contributed by atoms with Gasteiger partial charge >= 0.3 is 0 Å². The van der Waals surface area contributed by atoms with Crippen molar-refractivity contribution in [1.82, 2.24) is 0 Å². The Morgan fingerprint density at radius 3 is 2.54 bits per heavy atom. The van der Waals surface area contributed by atoms with Crippen LogP contribution in [-0.4, -0.2) is 16.7 Å². The Bertz CT molecular complexity index is 888. The van der Waals surface area contributed by atoms with E-state index < -0.39 is 10.7 Å². The standard InChI is InChI=1S/C17H12FN3O3/c1-11-19-16(9-12-5-7-14(8-6-12)21(23)24)17(22)20(11)15-4-2-3-13(18)10-15/h2-10H,1H3/b16-9-. The van der Waals surface area contributed by atoms with Gasteiger partial charge in [0.05, 0.1) is 10.6 Å². The molecule has 3 rings (SSSR count). The maximum atomic E-state index is 13.4. The molecule has 0 saturated carbocycles. The Morgan fingerprint density at radius 1 is 1.21 bits per heavy atom. The molecule has 24 heavy (non-hydrogen) atoms. The van der Waals surface area contributed by atoms with Crippen LogP contribution in [0.2, 0.25) is 0 Å². The zero-order valence-electron chi connectivity index (χ0n) is 12.6. The highest BCUT2D eigenvalue weighted by molar-refractivity contribution is 6.28. The van der Waals surface area contributed by atoms with Crippen LogP contribution in [0.15, 0.2) is 59.2 Å². The number of amides is 1. The molecule has 120 valence electrons. The number of hydrogen-bond acceptors (Lipinski definition) is 4. The number of halogens is 1. The molecule has 7 heteroatoms. The van der Waals surface area contributed by atoms with Crippen LogP contribution in [0, 0.1) is 15.9 Å². The van der Waals surface area contributed by atoms with Crippen molar-refractivity contribution in [3.63, 3.8) is 0 Å². The van der Waals surface area contributed by atoms with E-state index in [1.54, 1.807) is 13.0 Å². The number of nitrogens with zero attached hydrogens (tertiary/aromatic N) is 3. The number of nitro benzene ring substituents is 1. The summed E-state index contributed by atoms with van der Waals surface area (Å²) in [5.41, 5.74) is 1.16. The number of carbonyl (C=O) groups is 1. The summed E-state index contributed by atoms with van der Waals surface area (Å²) in [5.74, 6) is -0.392. The number of nitro groups is 1. The molecular formula is C17H12FN3O3. The minimum atomic E-state index is -0.494. The number of hydrogen-bond donors (Lipinski definition) is 0. The van der Waals surface area contributed by atoms with Crippen molar-refractivity contribution >= 4 is 29.2 Å². The van der Waals surface area contributed by atoms with Crippen molar-refractivity contribution in [3.05, 3.63) is 75.7 Å². The molecule has 0 spiro atoms. The Balaban J connectivity index is 1.91. The number of amidine groups is 1. The van der Waals surface area contributed by atoms with Crippen molar-refractivity contribution in [2.24, 2.45) is 4.99 Å². The van der Waals surface area contributed by atoms with E-state index in [9.17, 15) is 19.3 Å². The van der Waals surface area contributed by atoms with E-state index in [4.69, 9.17) is 0 Å². The number of non-ortho nitro benzene ring substituents is 1. The normalized spacial score (nSPS) is 15.8. The predicted molar refractivity (Wildman–Crippen MR) is 88.1 cm³/mol. The fourth-order valence-corrected chi connectivity index (χ4v) is 2.40. The number of anilines is 1. The molecule has 0 N–H and O–H groups in total. The maximum absolute atomic E-state index is 13.4. The van der Waals surface area contributed by atoms with Crippen molar-refractivity contribution in [1.29, 1.82) is 0 Å². The third-order valence-electron chi connectivity index (χ3n) is 3.50. The van der Waals surface area contributed by atoms with E-state index in [1.807, 2.05) is 0 Å². The lowest BCUT2D eigenvalue weighted by Crippen LogP contribution is -2.30. The van der Waals surface area contributed by atoms with E-state index in [0.717, 1.165) is 0 Å². The van der Waals surface area contributed by atoms with Gasteiger partial charge in [-0.3, -0.25) is 19.8 Å². The van der Waals surface area contributed by atoms with Gasteiger partial charge in [-0.2, -0.15) is 0 Å². The summed E-state index contributed by atoms with van der Waals surface area (Å²) in [6.45, 7) is 1.65. The summed E-state index contributed by atoms with van der Waals surface area (Å²) < 4.78 is 13.4. The summed E-state index contributed by atoms with van der Waals surface area (Å²) in [4.78, 5) is 28.2. The molecule has 1 aliphatic rings. The van der Waals surface area contributed by atoms with Gasteiger partial charge in [0.1, 0.15) is 17.3 Å². The first kappa shape index (κ1) is 15.5. The quantitative estimate of drug-likeness (QED) is 0.492. The smallest absolute Gasteiger partial charge is 0.266 e. The lowest BCUT2D eigenvalue weighted by atomic mass is 10.1. The zero-order chi connectivity index (χ0) is 17.3. The maximum Gasteiger partial charge on any atom is 0.282 e. The Morgan fingerprint density at radius 2 is 1.92 bits per heavy atom. The number of benzene rings is 2. The van der Waals surface area contributed by atoms with Gasteiger partial charge in [-0.15, -0.1) is 0 Å². The van der Waals surface area contributed by atoms with Crippen LogP contribution >= 0.6 is 0 Å². The lowest BCUT2D eigenvalue weighted by Gasteiger charge is -2.15. The molecule has 0 radical (unpaired) electrons. The van der Waals surface area contributed by atoms with E-state index >= 15 is 0 Å². The number of carbonyl (C=O) groups excluding carboxylic acids is 1. The Labute approximate surface area is 136 Å². The van der Waals surface area contributed by atoms with Crippen molar-refractivity contribution in [2.75, 3.05) is 4.90 Å². The van der Waals surface area contributed by atoms with Crippen LogP contribution < -0.4 is 4.90 Å². The van der Waals surface area contributed by atoms with Gasteiger partial charge < -0.3 is 0 Å². The van der Waals surface area contributed by atoms with Gasteiger partial charge in [-0.05, 0) is 48.9 Å². The van der Waals surface area contributed by atoms with Crippen molar-refractivity contribution in [2.45, 2.75) is 6.92 Å². The summed E-state index contributed by atoms with van der Waals surface area (Å²) >= 11 is 0. The average molecular weight is 325 g/mol. The summed E-state index contributed by atoms with van der Waals surface area (Å²) in [6, 6.07) is 11.5. The first-order valence-electron chi connectivity index (χ1n) is 7.07. The monoisotopic (exact) mass is 325 g/mol. The fraction of sp³-hybridized carbons (Fsp3) is 0.0588. The van der Waals surface area contributed by atoms with Gasteiger partial charge in [0.2, 0.25) is 0 Å². The summed E-state index contributed by atoms with van der Waals surface area (Å²) in [5, 5.41) is 10.7. The topological polar surface area (TPSA) is 75.8 Å². The molecule has 1 heterocycles. The molecule has 1 aliphatic heterocycles. The summed E-state index contributed by atoms with van der Waals surface area (Å²) in [6.07, 6.45) is 1.54. The average Bonchev–Trinajstić information content (AvgIpc) is 2.82. The van der Waals surface area contributed by atoms with E-state index in [1.165, 1.54) is 53.4 Å². The second-order valence-corrected chi connectivity index (χ2v) is 5.16. The molecule has 2 aromatic carbocycles. The van der Waals surface area contributed by atoms with E-state index in [2.05, 4.69) is 4.99 Å². The molecule has 0 bridgehead atoms. The van der Waals surface area contributed by atoms with E-state index in [0.29, 0.717) is 17.1 Å². The highest BCUT2D eigenvalue weighted by atomic mass is 19.1. The molecular weight excluding hydrogens is 313 g/mol. The van der Waals surface area contributed by atoms with Gasteiger partial charge in [-0.1, -0.05) is 6.07 Å². The fourth-order valence-electron chi connectivity index (χ4n) is 2.40. The number of rotatable bonds is 3. The van der Waals surface area contributed by atoms with Gasteiger partial charge in [-0.25, -0.2) is 9.38 Å². The highest BCUT2D eigenvalue weighted by Crippen LogP contribution is 2.25. The lowest BCUT2D eigenvalue weighted by molar-refractivity contribution is -0.384. The molecule has 2 aromatic rings.